The van der Waals surface area contributed by atoms with Crippen LogP contribution in [0.5, 0.6) is 0 Å². The van der Waals surface area contributed by atoms with Gasteiger partial charge in [-0.3, -0.25) is 4.79 Å². The maximum atomic E-state index is 10.9. The van der Waals surface area contributed by atoms with Gasteiger partial charge in [-0.1, -0.05) is 23.7 Å². The highest BCUT2D eigenvalue weighted by molar-refractivity contribution is 8.12. The van der Waals surface area contributed by atoms with Crippen molar-refractivity contribution in [1.82, 2.24) is 10.0 Å². The molecule has 1 atom stereocenters. The molecule has 0 aliphatic carbocycles. The third-order valence-electron chi connectivity index (χ3n) is 1.94. The smallest absolute Gasteiger partial charge is 0.295 e. The van der Waals surface area contributed by atoms with Crippen LogP contribution >= 0.6 is 23.5 Å². The zero-order valence-electron chi connectivity index (χ0n) is 7.29. The average molecular weight is 229 g/mol. The molecule has 1 aromatic rings. The van der Waals surface area contributed by atoms with Gasteiger partial charge in [-0.15, -0.1) is 0 Å². The Morgan fingerprint density at radius 3 is 2.64 bits per heavy atom. The Balaban J connectivity index is 1.97. The van der Waals surface area contributed by atoms with E-state index < -0.39 is 0 Å². The van der Waals surface area contributed by atoms with E-state index in [1.165, 1.54) is 0 Å². The van der Waals surface area contributed by atoms with Crippen LogP contribution in [-0.4, -0.2) is 11.4 Å². The largest absolute Gasteiger partial charge is 0.329 e. The molecule has 1 unspecified atom stereocenters. The van der Waals surface area contributed by atoms with Crippen molar-refractivity contribution in [3.63, 3.8) is 0 Å². The first kappa shape index (κ1) is 9.83. The Hall–Kier alpha value is -0.710. The van der Waals surface area contributed by atoms with Crippen LogP contribution in [0.15, 0.2) is 24.3 Å². The third kappa shape index (κ3) is 2.41. The Morgan fingerprint density at radius 2 is 2.07 bits per heavy atom. The first-order valence-corrected chi connectivity index (χ1v) is 5.41. The zero-order chi connectivity index (χ0) is 9.97. The summed E-state index contributed by atoms with van der Waals surface area (Å²) in [5.74, 6) is 0. The van der Waals surface area contributed by atoms with E-state index in [1.54, 1.807) is 0 Å². The van der Waals surface area contributed by atoms with Crippen molar-refractivity contribution in [2.45, 2.75) is 12.6 Å². The summed E-state index contributed by atoms with van der Waals surface area (Å²) in [5.41, 5.74) is 1.15. The Bertz CT molecular complexity index is 341. The van der Waals surface area contributed by atoms with Crippen LogP contribution in [0.1, 0.15) is 5.56 Å². The highest BCUT2D eigenvalue weighted by Crippen LogP contribution is 2.14. The molecule has 1 aliphatic rings. The van der Waals surface area contributed by atoms with Crippen molar-refractivity contribution in [2.75, 3.05) is 0 Å². The molecule has 3 nitrogen and oxygen atoms in total. The first-order valence-electron chi connectivity index (χ1n) is 4.21. The van der Waals surface area contributed by atoms with Gasteiger partial charge in [-0.2, -0.15) is 0 Å². The van der Waals surface area contributed by atoms with Crippen molar-refractivity contribution in [3.05, 3.63) is 34.9 Å². The Morgan fingerprint density at radius 1 is 1.36 bits per heavy atom. The molecular formula is C9H9ClN2OS. The lowest BCUT2D eigenvalue weighted by molar-refractivity contribution is 0.259. The van der Waals surface area contributed by atoms with Crippen LogP contribution in [0.25, 0.3) is 0 Å². The fraction of sp³-hybridized carbons (Fsp3) is 0.222. The van der Waals surface area contributed by atoms with E-state index >= 15 is 0 Å². The van der Waals surface area contributed by atoms with Gasteiger partial charge in [0.25, 0.3) is 5.24 Å². The molecule has 1 fully saturated rings. The van der Waals surface area contributed by atoms with E-state index in [2.05, 4.69) is 10.0 Å². The van der Waals surface area contributed by atoms with Gasteiger partial charge in [-0.05, 0) is 17.7 Å². The topological polar surface area (TPSA) is 41.1 Å². The number of amides is 1. The monoisotopic (exact) mass is 228 g/mol. The standard InChI is InChI=1S/C9H9ClN2OS/c10-7-3-1-6(2-4-7)5-8-11-9(13)14-12-8/h1-4,8,12H,5H2,(H,11,13). The minimum atomic E-state index is -0.0241. The summed E-state index contributed by atoms with van der Waals surface area (Å²) in [7, 11) is 0. The molecule has 2 N–H and O–H groups in total. The van der Waals surface area contributed by atoms with E-state index in [0.717, 1.165) is 29.0 Å². The predicted octanol–water partition coefficient (Wildman–Crippen LogP) is 2.17. The van der Waals surface area contributed by atoms with Gasteiger partial charge < -0.3 is 5.32 Å². The van der Waals surface area contributed by atoms with E-state index in [0.29, 0.717) is 0 Å². The highest BCUT2D eigenvalue weighted by atomic mass is 35.5. The van der Waals surface area contributed by atoms with Crippen LogP contribution in [0, 0.1) is 0 Å². The van der Waals surface area contributed by atoms with E-state index in [4.69, 9.17) is 11.6 Å². The number of halogens is 1. The molecule has 0 saturated carbocycles. The van der Waals surface area contributed by atoms with Gasteiger partial charge in [0, 0.05) is 23.4 Å². The second-order valence-electron chi connectivity index (χ2n) is 3.03. The summed E-state index contributed by atoms with van der Waals surface area (Å²) < 4.78 is 2.99. The molecule has 74 valence electrons. The zero-order valence-corrected chi connectivity index (χ0v) is 8.86. The van der Waals surface area contributed by atoms with Crippen LogP contribution in [0.3, 0.4) is 0 Å². The summed E-state index contributed by atoms with van der Waals surface area (Å²) in [6.07, 6.45) is 0.796. The van der Waals surface area contributed by atoms with Crippen LogP contribution in [-0.2, 0) is 6.42 Å². The molecular weight excluding hydrogens is 220 g/mol. The summed E-state index contributed by atoms with van der Waals surface area (Å²) in [5, 5.41) is 3.50. The molecule has 0 spiro atoms. The minimum Gasteiger partial charge on any atom is -0.329 e. The molecule has 2 rings (SSSR count). The number of carbonyl (C=O) groups excluding carboxylic acids is 1. The molecule has 1 aromatic carbocycles. The molecule has 0 aromatic heterocycles. The average Bonchev–Trinajstić information content (AvgIpc) is 2.56. The van der Waals surface area contributed by atoms with Crippen molar-refractivity contribution < 1.29 is 4.79 Å². The van der Waals surface area contributed by atoms with E-state index in [9.17, 15) is 4.79 Å². The summed E-state index contributed by atoms with van der Waals surface area (Å²) in [4.78, 5) is 10.9. The lowest BCUT2D eigenvalue weighted by Gasteiger charge is -2.08. The van der Waals surface area contributed by atoms with Gasteiger partial charge in [-0.25, -0.2) is 4.72 Å². The van der Waals surface area contributed by atoms with E-state index in [1.807, 2.05) is 24.3 Å². The lowest BCUT2D eigenvalue weighted by atomic mass is 10.1. The summed E-state index contributed by atoms with van der Waals surface area (Å²) in [6.45, 7) is 0. The molecule has 1 heterocycles. The van der Waals surface area contributed by atoms with Gasteiger partial charge in [0.1, 0.15) is 0 Å². The molecule has 5 heteroatoms. The van der Waals surface area contributed by atoms with Crippen LogP contribution in [0.4, 0.5) is 4.79 Å². The molecule has 1 saturated heterocycles. The number of benzene rings is 1. The molecule has 14 heavy (non-hydrogen) atoms. The first-order chi connectivity index (χ1) is 6.74. The third-order valence-corrected chi connectivity index (χ3v) is 2.90. The fourth-order valence-corrected chi connectivity index (χ4v) is 1.99. The summed E-state index contributed by atoms with van der Waals surface area (Å²) in [6, 6.07) is 7.61. The van der Waals surface area contributed by atoms with Crippen LogP contribution in [0.2, 0.25) is 5.02 Å². The Kier molecular flexibility index (Phi) is 2.96. The van der Waals surface area contributed by atoms with Crippen molar-refractivity contribution in [3.8, 4) is 0 Å². The number of carbonyl (C=O) groups is 1. The predicted molar refractivity (Wildman–Crippen MR) is 58.2 cm³/mol. The number of nitrogens with one attached hydrogen (secondary N) is 2. The maximum Gasteiger partial charge on any atom is 0.295 e. The second-order valence-corrected chi connectivity index (χ2v) is 4.28. The normalized spacial score (nSPS) is 20.9. The van der Waals surface area contributed by atoms with Gasteiger partial charge in [0.05, 0.1) is 6.17 Å². The van der Waals surface area contributed by atoms with Crippen molar-refractivity contribution in [1.29, 1.82) is 0 Å². The fourth-order valence-electron chi connectivity index (χ4n) is 1.27. The number of hydrogen-bond acceptors (Lipinski definition) is 3. The Labute approximate surface area is 91.3 Å². The molecule has 1 aliphatic heterocycles. The maximum absolute atomic E-state index is 10.9. The minimum absolute atomic E-state index is 0.0219. The van der Waals surface area contributed by atoms with Gasteiger partial charge in [0.2, 0.25) is 0 Å². The molecule has 0 bridgehead atoms. The quantitative estimate of drug-likeness (QED) is 0.763. The van der Waals surface area contributed by atoms with E-state index in [-0.39, 0.29) is 11.4 Å². The van der Waals surface area contributed by atoms with Crippen molar-refractivity contribution >= 4 is 28.8 Å². The highest BCUT2D eigenvalue weighted by Gasteiger charge is 2.20. The van der Waals surface area contributed by atoms with Gasteiger partial charge in [0.15, 0.2) is 0 Å². The van der Waals surface area contributed by atoms with Crippen molar-refractivity contribution in [2.24, 2.45) is 0 Å². The number of rotatable bonds is 2. The molecule has 0 radical (unpaired) electrons. The number of hydrogen-bond donors (Lipinski definition) is 2. The lowest BCUT2D eigenvalue weighted by Crippen LogP contribution is -2.33. The molecule has 1 amide bonds. The SMILES string of the molecule is O=C1NC(Cc2ccc(Cl)cc2)NS1. The van der Waals surface area contributed by atoms with Gasteiger partial charge >= 0.3 is 0 Å². The van der Waals surface area contributed by atoms with Crippen LogP contribution < -0.4 is 10.0 Å². The summed E-state index contributed by atoms with van der Waals surface area (Å²) >= 11 is 6.86. The second kappa shape index (κ2) is 4.21.